The molecular weight excluding hydrogens is 264 g/mol. The molecule has 2 aromatic rings. The van der Waals surface area contributed by atoms with Crippen LogP contribution in [-0.2, 0) is 0 Å². The number of anilines is 3. The van der Waals surface area contributed by atoms with Crippen molar-refractivity contribution in [3.63, 3.8) is 0 Å². The topological polar surface area (TPSA) is 80.0 Å². The monoisotopic (exact) mass is 276 g/mol. The molecule has 1 heterocycles. The number of nitrogen functional groups attached to an aromatic ring is 1. The van der Waals surface area contributed by atoms with Crippen molar-refractivity contribution in [1.29, 1.82) is 0 Å². The molecule has 0 fully saturated rings. The number of nitrogens with two attached hydrogens (primary N) is 1. The number of rotatable bonds is 2. The third-order valence-corrected chi connectivity index (χ3v) is 2.72. The molecule has 6 heteroatoms. The Labute approximate surface area is 115 Å². The van der Waals surface area contributed by atoms with Gasteiger partial charge in [-0.15, -0.1) is 0 Å². The Morgan fingerprint density at radius 3 is 2.47 bits per heavy atom. The van der Waals surface area contributed by atoms with Crippen LogP contribution in [0.25, 0.3) is 0 Å². The number of hydrogen-bond acceptors (Lipinski definition) is 3. The molecule has 0 bridgehead atoms. The maximum absolute atomic E-state index is 11.7. The first-order chi connectivity index (χ1) is 9.04. The fourth-order valence-electron chi connectivity index (χ4n) is 1.45. The number of halogens is 1. The van der Waals surface area contributed by atoms with Gasteiger partial charge < -0.3 is 11.1 Å². The summed E-state index contributed by atoms with van der Waals surface area (Å²) in [7, 11) is 0. The summed E-state index contributed by atoms with van der Waals surface area (Å²) in [6.45, 7) is 1.78. The molecule has 0 aliphatic carbocycles. The van der Waals surface area contributed by atoms with Crippen LogP contribution in [0.3, 0.4) is 0 Å². The molecule has 2 amide bonds. The normalized spacial score (nSPS) is 10.0. The third kappa shape index (κ3) is 3.59. The average molecular weight is 277 g/mol. The van der Waals surface area contributed by atoms with Gasteiger partial charge >= 0.3 is 6.03 Å². The van der Waals surface area contributed by atoms with Crippen molar-refractivity contribution in [3.05, 3.63) is 47.1 Å². The number of benzene rings is 1. The molecule has 0 saturated heterocycles. The van der Waals surface area contributed by atoms with E-state index >= 15 is 0 Å². The second-order valence-electron chi connectivity index (χ2n) is 3.96. The van der Waals surface area contributed by atoms with E-state index in [0.717, 1.165) is 0 Å². The first kappa shape index (κ1) is 13.2. The highest BCUT2D eigenvalue weighted by Gasteiger charge is 2.04. The van der Waals surface area contributed by atoms with Crippen LogP contribution >= 0.6 is 11.6 Å². The molecule has 0 saturated carbocycles. The first-order valence-electron chi connectivity index (χ1n) is 5.61. The second kappa shape index (κ2) is 5.58. The summed E-state index contributed by atoms with van der Waals surface area (Å²) in [6, 6.07) is 9.78. The third-order valence-electron chi connectivity index (χ3n) is 2.47. The Morgan fingerprint density at radius 1 is 1.16 bits per heavy atom. The minimum absolute atomic E-state index is 0.376. The van der Waals surface area contributed by atoms with E-state index in [9.17, 15) is 4.79 Å². The molecule has 0 atom stereocenters. The molecule has 1 aromatic heterocycles. The zero-order valence-corrected chi connectivity index (χ0v) is 11.0. The lowest BCUT2D eigenvalue weighted by atomic mass is 10.3. The van der Waals surface area contributed by atoms with Gasteiger partial charge in [0.2, 0.25) is 0 Å². The Morgan fingerprint density at radius 2 is 1.84 bits per heavy atom. The maximum atomic E-state index is 11.7. The van der Waals surface area contributed by atoms with E-state index in [1.54, 1.807) is 43.3 Å². The molecular formula is C13H13ClN4O. The number of nitrogens with one attached hydrogen (secondary N) is 2. The first-order valence-corrected chi connectivity index (χ1v) is 5.99. The largest absolute Gasteiger partial charge is 0.397 e. The predicted molar refractivity (Wildman–Crippen MR) is 77.5 cm³/mol. The molecule has 0 aliphatic heterocycles. The van der Waals surface area contributed by atoms with Gasteiger partial charge in [0.25, 0.3) is 0 Å². The number of pyridine rings is 1. The zero-order chi connectivity index (χ0) is 13.8. The van der Waals surface area contributed by atoms with Gasteiger partial charge in [-0.05, 0) is 43.3 Å². The summed E-state index contributed by atoms with van der Waals surface area (Å²) < 4.78 is 0. The van der Waals surface area contributed by atoms with Gasteiger partial charge in [-0.2, -0.15) is 0 Å². The molecule has 0 spiro atoms. The minimum Gasteiger partial charge on any atom is -0.397 e. The predicted octanol–water partition coefficient (Wildman–Crippen LogP) is 3.27. The van der Waals surface area contributed by atoms with E-state index in [1.807, 2.05) is 0 Å². The number of urea groups is 1. The van der Waals surface area contributed by atoms with Crippen LogP contribution < -0.4 is 16.4 Å². The quantitative estimate of drug-likeness (QED) is 0.787. The number of aryl methyl sites for hydroxylation is 1. The fraction of sp³-hybridized carbons (Fsp3) is 0.0769. The molecule has 1 aromatic carbocycles. The summed E-state index contributed by atoms with van der Waals surface area (Å²) in [6.07, 6.45) is 0. The molecule has 0 aliphatic rings. The van der Waals surface area contributed by atoms with Crippen LogP contribution in [0.15, 0.2) is 36.4 Å². The van der Waals surface area contributed by atoms with E-state index in [0.29, 0.717) is 27.9 Å². The van der Waals surface area contributed by atoms with Crippen LogP contribution in [0, 0.1) is 6.92 Å². The van der Waals surface area contributed by atoms with E-state index in [1.165, 1.54) is 0 Å². The van der Waals surface area contributed by atoms with Gasteiger partial charge in [0, 0.05) is 10.7 Å². The summed E-state index contributed by atoms with van der Waals surface area (Å²) in [4.78, 5) is 15.9. The molecule has 0 radical (unpaired) electrons. The highest BCUT2D eigenvalue weighted by atomic mass is 35.5. The lowest BCUT2D eigenvalue weighted by molar-refractivity contribution is 0.262. The molecule has 4 N–H and O–H groups in total. The van der Waals surface area contributed by atoms with Crippen molar-refractivity contribution >= 4 is 34.8 Å². The van der Waals surface area contributed by atoms with E-state index in [4.69, 9.17) is 17.3 Å². The van der Waals surface area contributed by atoms with Gasteiger partial charge in [-0.3, -0.25) is 5.32 Å². The summed E-state index contributed by atoms with van der Waals surface area (Å²) in [5, 5.41) is 5.91. The number of aromatic nitrogens is 1. The van der Waals surface area contributed by atoms with Gasteiger partial charge in [-0.25, -0.2) is 9.78 Å². The average Bonchev–Trinajstić information content (AvgIpc) is 2.37. The van der Waals surface area contributed by atoms with Crippen LogP contribution in [0.5, 0.6) is 0 Å². The van der Waals surface area contributed by atoms with Crippen LogP contribution in [0.1, 0.15) is 5.69 Å². The highest BCUT2D eigenvalue weighted by Crippen LogP contribution is 2.15. The maximum Gasteiger partial charge on any atom is 0.324 e. The molecule has 2 rings (SSSR count). The van der Waals surface area contributed by atoms with Crippen molar-refractivity contribution in [1.82, 2.24) is 4.98 Å². The minimum atomic E-state index is -0.376. The summed E-state index contributed by atoms with van der Waals surface area (Å²) >= 11 is 5.76. The van der Waals surface area contributed by atoms with E-state index in [2.05, 4.69) is 15.6 Å². The summed E-state index contributed by atoms with van der Waals surface area (Å²) in [5.74, 6) is 0.443. The molecule has 98 valence electrons. The fourth-order valence-corrected chi connectivity index (χ4v) is 1.58. The Bertz CT molecular complexity index is 598. The van der Waals surface area contributed by atoms with E-state index in [-0.39, 0.29) is 6.03 Å². The number of carbonyl (C=O) groups is 1. The van der Waals surface area contributed by atoms with Gasteiger partial charge in [0.15, 0.2) is 0 Å². The summed E-state index contributed by atoms with van der Waals surface area (Å²) in [5.41, 5.74) is 7.56. The standard InChI is InChI=1S/C13H13ClN4O/c1-8-11(15)6-7-12(16-8)18-13(19)17-10-4-2-9(14)3-5-10/h2-7H,15H2,1H3,(H2,16,17,18,19). The lowest BCUT2D eigenvalue weighted by Crippen LogP contribution is -2.20. The Kier molecular flexibility index (Phi) is 3.87. The van der Waals surface area contributed by atoms with Gasteiger partial charge in [0.05, 0.1) is 11.4 Å². The lowest BCUT2D eigenvalue weighted by Gasteiger charge is -2.08. The molecule has 5 nitrogen and oxygen atoms in total. The van der Waals surface area contributed by atoms with Crippen molar-refractivity contribution in [2.45, 2.75) is 6.92 Å². The van der Waals surface area contributed by atoms with Crippen molar-refractivity contribution in [2.75, 3.05) is 16.4 Å². The van der Waals surface area contributed by atoms with Gasteiger partial charge in [0.1, 0.15) is 5.82 Å². The Balaban J connectivity index is 2.01. The van der Waals surface area contributed by atoms with Crippen molar-refractivity contribution < 1.29 is 4.79 Å². The molecule has 19 heavy (non-hydrogen) atoms. The van der Waals surface area contributed by atoms with Gasteiger partial charge in [-0.1, -0.05) is 11.6 Å². The van der Waals surface area contributed by atoms with Crippen molar-refractivity contribution in [2.24, 2.45) is 0 Å². The molecule has 0 unspecified atom stereocenters. The number of carbonyl (C=O) groups excluding carboxylic acids is 1. The van der Waals surface area contributed by atoms with E-state index < -0.39 is 0 Å². The smallest absolute Gasteiger partial charge is 0.324 e. The number of hydrogen-bond donors (Lipinski definition) is 3. The second-order valence-corrected chi connectivity index (χ2v) is 4.39. The van der Waals surface area contributed by atoms with Crippen LogP contribution in [0.4, 0.5) is 22.0 Å². The highest BCUT2D eigenvalue weighted by molar-refractivity contribution is 6.30. The zero-order valence-electron chi connectivity index (χ0n) is 10.3. The van der Waals surface area contributed by atoms with Crippen LogP contribution in [0.2, 0.25) is 5.02 Å². The van der Waals surface area contributed by atoms with Crippen LogP contribution in [-0.4, -0.2) is 11.0 Å². The number of nitrogens with zero attached hydrogens (tertiary/aromatic N) is 1. The van der Waals surface area contributed by atoms with Crippen molar-refractivity contribution in [3.8, 4) is 0 Å². The number of amides is 2. The SMILES string of the molecule is Cc1nc(NC(=O)Nc2ccc(Cl)cc2)ccc1N. The Hall–Kier alpha value is -2.27.